The number of methoxy groups -OCH3 is 1. The van der Waals surface area contributed by atoms with Gasteiger partial charge in [-0.2, -0.15) is 0 Å². The number of thioether (sulfide) groups is 1. The van der Waals surface area contributed by atoms with Crippen LogP contribution in [0.15, 0.2) is 11.0 Å². The summed E-state index contributed by atoms with van der Waals surface area (Å²) in [5.41, 5.74) is 0.626. The lowest BCUT2D eigenvalue weighted by molar-refractivity contribution is 0.0602. The summed E-state index contributed by atoms with van der Waals surface area (Å²) >= 11 is 1.34. The van der Waals surface area contributed by atoms with Gasteiger partial charge in [-0.1, -0.05) is 6.92 Å². The molecule has 4 nitrogen and oxygen atoms in total. The summed E-state index contributed by atoms with van der Waals surface area (Å²) in [5.74, 6) is 3.70. The molecule has 0 fully saturated rings. The number of ether oxygens (including phenoxy) is 1. The van der Waals surface area contributed by atoms with Gasteiger partial charge in [0.15, 0.2) is 11.6 Å². The Kier molecular flexibility index (Phi) is 3.89. The number of carbonyl (C=O) groups is 1. The predicted octanol–water partition coefficient (Wildman–Crippen LogP) is 2.84. The number of esters is 1. The third-order valence-corrected chi connectivity index (χ3v) is 4.12. The van der Waals surface area contributed by atoms with Crippen molar-refractivity contribution in [1.82, 2.24) is 4.68 Å². The van der Waals surface area contributed by atoms with Gasteiger partial charge in [0.05, 0.1) is 29.3 Å². The number of hydrogen-bond acceptors (Lipinski definition) is 4. The van der Waals surface area contributed by atoms with Gasteiger partial charge in [-0.15, -0.1) is 11.8 Å². The van der Waals surface area contributed by atoms with E-state index in [1.54, 1.807) is 6.92 Å². The highest BCUT2D eigenvalue weighted by Crippen LogP contribution is 2.37. The molecule has 0 aliphatic heterocycles. The molecular formula is C13H14F2N2O2S. The van der Waals surface area contributed by atoms with E-state index >= 15 is 0 Å². The van der Waals surface area contributed by atoms with Gasteiger partial charge in [-0.3, -0.25) is 4.68 Å². The molecule has 0 unspecified atom stereocenters. The van der Waals surface area contributed by atoms with Crippen LogP contribution in [0.1, 0.15) is 23.0 Å². The summed E-state index contributed by atoms with van der Waals surface area (Å²) in [6.45, 7) is 3.58. The molecule has 2 rings (SSSR count). The van der Waals surface area contributed by atoms with Gasteiger partial charge in [0.1, 0.15) is 0 Å². The number of aromatic nitrogens is 1. The lowest BCUT2D eigenvalue weighted by atomic mass is 10.1. The minimum absolute atomic E-state index is 0.0252. The van der Waals surface area contributed by atoms with Crippen molar-refractivity contribution in [2.45, 2.75) is 18.7 Å². The van der Waals surface area contributed by atoms with Crippen molar-refractivity contribution in [2.24, 2.45) is 0 Å². The number of hydrogen-bond donors (Lipinski definition) is 1. The van der Waals surface area contributed by atoms with Crippen LogP contribution in [0, 0.1) is 18.6 Å². The second kappa shape index (κ2) is 5.32. The van der Waals surface area contributed by atoms with E-state index < -0.39 is 17.6 Å². The lowest BCUT2D eigenvalue weighted by Gasteiger charge is -2.06. The molecule has 7 heteroatoms. The second-order valence-corrected chi connectivity index (χ2v) is 5.43. The van der Waals surface area contributed by atoms with Crippen molar-refractivity contribution in [3.05, 3.63) is 29.0 Å². The van der Waals surface area contributed by atoms with Crippen molar-refractivity contribution in [3.8, 4) is 0 Å². The van der Waals surface area contributed by atoms with E-state index in [9.17, 15) is 13.6 Å². The lowest BCUT2D eigenvalue weighted by Crippen LogP contribution is -2.14. The maximum absolute atomic E-state index is 14.1. The van der Waals surface area contributed by atoms with E-state index in [0.29, 0.717) is 16.3 Å². The molecule has 0 saturated heterocycles. The molecule has 0 aliphatic rings. The summed E-state index contributed by atoms with van der Waals surface area (Å²) < 4.78 is 33.6. The van der Waals surface area contributed by atoms with Crippen molar-refractivity contribution < 1.29 is 18.3 Å². The van der Waals surface area contributed by atoms with E-state index in [1.807, 2.05) is 6.92 Å². The van der Waals surface area contributed by atoms with Gasteiger partial charge in [-0.25, -0.2) is 13.6 Å². The molecule has 0 aliphatic carbocycles. The number of carbonyl (C=O) groups excluding carboxylic acids is 1. The Bertz CT molecular complexity index is 698. The third kappa shape index (κ3) is 2.02. The van der Waals surface area contributed by atoms with E-state index in [1.165, 1.54) is 23.5 Å². The zero-order valence-electron chi connectivity index (χ0n) is 11.3. The molecule has 2 N–H and O–H groups in total. The molecule has 0 radical (unpaired) electrons. The molecule has 2 aromatic rings. The number of rotatable bonds is 3. The second-order valence-electron chi connectivity index (χ2n) is 4.15. The van der Waals surface area contributed by atoms with Crippen LogP contribution in [0.2, 0.25) is 0 Å². The van der Waals surface area contributed by atoms with Crippen LogP contribution in [0.4, 0.5) is 8.78 Å². The zero-order valence-corrected chi connectivity index (χ0v) is 12.1. The third-order valence-electron chi connectivity index (χ3n) is 3.04. The van der Waals surface area contributed by atoms with E-state index in [-0.39, 0.29) is 16.5 Å². The molecule has 108 valence electrons. The molecular weight excluding hydrogens is 286 g/mol. The van der Waals surface area contributed by atoms with E-state index in [0.717, 1.165) is 6.07 Å². The standard InChI is InChI=1S/C13H14F2N2O2S/c1-4-20-12-6(2)17(16)11-7(13(18)19-3)5-8(14)10(15)9(11)12/h5H,4,16H2,1-3H3. The number of benzene rings is 1. The maximum atomic E-state index is 14.1. The number of fused-ring (bicyclic) bond motifs is 1. The number of halogens is 2. The first-order chi connectivity index (χ1) is 9.43. The number of nitrogens with two attached hydrogens (primary N) is 1. The highest BCUT2D eigenvalue weighted by atomic mass is 32.2. The van der Waals surface area contributed by atoms with Crippen LogP contribution in [0.25, 0.3) is 10.9 Å². The SMILES string of the molecule is CCSc1c(C)n(N)c2c(C(=O)OC)cc(F)c(F)c12. The average Bonchev–Trinajstić information content (AvgIpc) is 2.68. The molecule has 0 amide bonds. The Balaban J connectivity index is 2.95. The predicted molar refractivity (Wildman–Crippen MR) is 74.5 cm³/mol. The quantitative estimate of drug-likeness (QED) is 0.538. The minimum atomic E-state index is -1.10. The van der Waals surface area contributed by atoms with Gasteiger partial charge in [0.25, 0.3) is 0 Å². The van der Waals surface area contributed by atoms with Gasteiger partial charge >= 0.3 is 5.97 Å². The molecule has 1 aromatic heterocycles. The summed E-state index contributed by atoms with van der Waals surface area (Å²) in [6, 6.07) is 0.812. The Labute approximate surface area is 118 Å². The van der Waals surface area contributed by atoms with Crippen molar-refractivity contribution in [1.29, 1.82) is 0 Å². The van der Waals surface area contributed by atoms with Crippen molar-refractivity contribution in [2.75, 3.05) is 18.7 Å². The molecule has 0 spiro atoms. The highest BCUT2D eigenvalue weighted by Gasteiger charge is 2.25. The molecule has 1 heterocycles. The average molecular weight is 300 g/mol. The first-order valence-electron chi connectivity index (χ1n) is 5.93. The largest absolute Gasteiger partial charge is 0.465 e. The van der Waals surface area contributed by atoms with E-state index in [4.69, 9.17) is 5.84 Å². The van der Waals surface area contributed by atoms with E-state index in [2.05, 4.69) is 4.74 Å². The Morgan fingerprint density at radius 2 is 2.15 bits per heavy atom. The monoisotopic (exact) mass is 300 g/mol. The zero-order chi connectivity index (χ0) is 15.0. The highest BCUT2D eigenvalue weighted by molar-refractivity contribution is 7.99. The summed E-state index contributed by atoms with van der Waals surface area (Å²) in [5, 5.41) is 0.0252. The van der Waals surface area contributed by atoms with Gasteiger partial charge in [-0.05, 0) is 18.7 Å². The normalized spacial score (nSPS) is 11.1. The van der Waals surface area contributed by atoms with Crippen LogP contribution in [0.5, 0.6) is 0 Å². The molecule has 1 aromatic carbocycles. The fourth-order valence-corrected chi connectivity index (χ4v) is 3.04. The van der Waals surface area contributed by atoms with Crippen LogP contribution < -0.4 is 5.84 Å². The van der Waals surface area contributed by atoms with Crippen LogP contribution in [-0.2, 0) is 4.74 Å². The number of nitrogen functional groups attached to an aromatic ring is 1. The number of nitrogens with zero attached hydrogens (tertiary/aromatic N) is 1. The fourth-order valence-electron chi connectivity index (χ4n) is 2.12. The molecule has 20 heavy (non-hydrogen) atoms. The molecule has 0 saturated carbocycles. The summed E-state index contributed by atoms with van der Waals surface area (Å²) in [6.07, 6.45) is 0. The first-order valence-corrected chi connectivity index (χ1v) is 6.91. The Morgan fingerprint density at radius 1 is 1.50 bits per heavy atom. The maximum Gasteiger partial charge on any atom is 0.340 e. The molecule has 0 atom stereocenters. The minimum Gasteiger partial charge on any atom is -0.465 e. The summed E-state index contributed by atoms with van der Waals surface area (Å²) in [7, 11) is 1.17. The fraction of sp³-hybridized carbons (Fsp3) is 0.308. The summed E-state index contributed by atoms with van der Waals surface area (Å²) in [4.78, 5) is 12.3. The van der Waals surface area contributed by atoms with Crippen LogP contribution in [0.3, 0.4) is 0 Å². The smallest absolute Gasteiger partial charge is 0.340 e. The first kappa shape index (κ1) is 14.6. The molecule has 0 bridgehead atoms. The van der Waals surface area contributed by atoms with Gasteiger partial charge in [0.2, 0.25) is 0 Å². The van der Waals surface area contributed by atoms with Gasteiger partial charge < -0.3 is 10.6 Å². The van der Waals surface area contributed by atoms with Crippen molar-refractivity contribution in [3.63, 3.8) is 0 Å². The van der Waals surface area contributed by atoms with Crippen LogP contribution >= 0.6 is 11.8 Å². The van der Waals surface area contributed by atoms with Crippen molar-refractivity contribution >= 4 is 28.6 Å². The van der Waals surface area contributed by atoms with Crippen LogP contribution in [-0.4, -0.2) is 23.5 Å². The Morgan fingerprint density at radius 3 is 2.70 bits per heavy atom. The topological polar surface area (TPSA) is 57.2 Å². The Hall–Kier alpha value is -1.76. The van der Waals surface area contributed by atoms with Gasteiger partial charge in [0, 0.05) is 4.90 Å².